The molecule has 0 spiro atoms. The van der Waals surface area contributed by atoms with E-state index in [1.807, 2.05) is 18.2 Å². The second-order valence-electron chi connectivity index (χ2n) is 6.36. The predicted octanol–water partition coefficient (Wildman–Crippen LogP) is 4.24. The van der Waals surface area contributed by atoms with Gasteiger partial charge in [0.1, 0.15) is 6.10 Å². The lowest BCUT2D eigenvalue weighted by molar-refractivity contribution is -0.385. The molecule has 120 valence electrons. The molecule has 0 bridgehead atoms. The molecule has 4 heteroatoms. The van der Waals surface area contributed by atoms with Crippen LogP contribution in [0, 0.1) is 17.0 Å². The monoisotopic (exact) mass is 319 g/mol. The van der Waals surface area contributed by atoms with Crippen LogP contribution < -0.4 is 0 Å². The molecule has 0 unspecified atom stereocenters. The third-order valence-electron chi connectivity index (χ3n) is 4.95. The number of nitrogens with zero attached hydrogens (tertiary/aromatic N) is 1. The van der Waals surface area contributed by atoms with Crippen molar-refractivity contribution in [3.63, 3.8) is 0 Å². The smallest absolute Gasteiger partial charge is 0.272 e. The first-order valence-corrected chi connectivity index (χ1v) is 8.02. The molecule has 0 heterocycles. The van der Waals surface area contributed by atoms with Crippen LogP contribution in [-0.4, -0.2) is 10.0 Å². The molecule has 0 amide bonds. The number of aliphatic hydroxyl groups is 1. The second-order valence-corrected chi connectivity index (χ2v) is 6.36. The van der Waals surface area contributed by atoms with E-state index in [-0.39, 0.29) is 5.69 Å². The molecule has 0 saturated carbocycles. The molecule has 1 aliphatic rings. The number of rotatable bonds is 3. The van der Waals surface area contributed by atoms with E-state index in [2.05, 4.69) is 12.1 Å². The van der Waals surface area contributed by atoms with Crippen molar-refractivity contribution in [2.75, 3.05) is 0 Å². The van der Waals surface area contributed by atoms with Crippen LogP contribution in [0.1, 0.15) is 33.9 Å². The van der Waals surface area contributed by atoms with Crippen molar-refractivity contribution in [2.24, 2.45) is 0 Å². The van der Waals surface area contributed by atoms with Crippen LogP contribution in [0.2, 0.25) is 0 Å². The van der Waals surface area contributed by atoms with Crippen LogP contribution in [0.25, 0.3) is 10.8 Å². The summed E-state index contributed by atoms with van der Waals surface area (Å²) in [7, 11) is 0. The molecule has 0 saturated heterocycles. The standard InChI is InChI=1S/C20H17NO3/c1-12-5-6-15(11-18(12)21(23)24)20(22)17-10-9-14-8-7-13-3-2-4-16(17)19(13)14/h2-6,9-11,20,22H,7-8H2,1H3/t20-/m1/s1. The van der Waals surface area contributed by atoms with Crippen molar-refractivity contribution in [1.29, 1.82) is 0 Å². The molecule has 0 radical (unpaired) electrons. The molecule has 4 rings (SSSR count). The highest BCUT2D eigenvalue weighted by Crippen LogP contribution is 2.37. The van der Waals surface area contributed by atoms with Gasteiger partial charge in [-0.3, -0.25) is 10.1 Å². The van der Waals surface area contributed by atoms with Crippen molar-refractivity contribution < 1.29 is 10.0 Å². The number of aliphatic hydroxyl groups excluding tert-OH is 1. The molecule has 1 aliphatic carbocycles. The summed E-state index contributed by atoms with van der Waals surface area (Å²) in [4.78, 5) is 10.8. The fourth-order valence-corrected chi connectivity index (χ4v) is 3.68. The van der Waals surface area contributed by atoms with E-state index < -0.39 is 11.0 Å². The normalized spacial score (nSPS) is 14.1. The topological polar surface area (TPSA) is 63.4 Å². The van der Waals surface area contributed by atoms with Gasteiger partial charge in [-0.15, -0.1) is 0 Å². The zero-order valence-corrected chi connectivity index (χ0v) is 13.3. The SMILES string of the molecule is Cc1ccc([C@@H](O)c2ccc3c4c(cccc24)CC3)cc1[N+](=O)[O-]. The average Bonchev–Trinajstić information content (AvgIpc) is 3.00. The molecular formula is C20H17NO3. The van der Waals surface area contributed by atoms with E-state index in [4.69, 9.17) is 0 Å². The van der Waals surface area contributed by atoms with Crippen LogP contribution >= 0.6 is 0 Å². The predicted molar refractivity (Wildman–Crippen MR) is 93.3 cm³/mol. The summed E-state index contributed by atoms with van der Waals surface area (Å²) in [6, 6.07) is 15.1. The molecule has 0 fully saturated rings. The maximum Gasteiger partial charge on any atom is 0.272 e. The van der Waals surface area contributed by atoms with Gasteiger partial charge in [-0.1, -0.05) is 42.5 Å². The van der Waals surface area contributed by atoms with E-state index in [0.717, 1.165) is 23.8 Å². The molecule has 1 atom stereocenters. The van der Waals surface area contributed by atoms with Crippen molar-refractivity contribution in [3.8, 4) is 0 Å². The van der Waals surface area contributed by atoms with Crippen LogP contribution in [-0.2, 0) is 12.8 Å². The number of nitro benzene ring substituents is 1. The Morgan fingerprint density at radius 3 is 2.58 bits per heavy atom. The van der Waals surface area contributed by atoms with E-state index in [9.17, 15) is 15.2 Å². The lowest BCUT2D eigenvalue weighted by Gasteiger charge is -2.16. The summed E-state index contributed by atoms with van der Waals surface area (Å²) in [5, 5.41) is 24.3. The van der Waals surface area contributed by atoms with E-state index in [1.165, 1.54) is 22.6 Å². The highest BCUT2D eigenvalue weighted by atomic mass is 16.6. The minimum absolute atomic E-state index is 0.0393. The van der Waals surface area contributed by atoms with Crippen molar-refractivity contribution >= 4 is 16.5 Å². The number of hydrogen-bond donors (Lipinski definition) is 1. The molecule has 24 heavy (non-hydrogen) atoms. The Bertz CT molecular complexity index is 968. The molecular weight excluding hydrogens is 302 g/mol. The lowest BCUT2D eigenvalue weighted by atomic mass is 9.93. The fourth-order valence-electron chi connectivity index (χ4n) is 3.68. The maximum atomic E-state index is 11.2. The Kier molecular flexibility index (Phi) is 3.36. The highest BCUT2D eigenvalue weighted by molar-refractivity contribution is 5.93. The lowest BCUT2D eigenvalue weighted by Crippen LogP contribution is -2.03. The van der Waals surface area contributed by atoms with Gasteiger partial charge in [0.25, 0.3) is 5.69 Å². The Morgan fingerprint density at radius 1 is 1.08 bits per heavy atom. The van der Waals surface area contributed by atoms with Crippen LogP contribution in [0.4, 0.5) is 5.69 Å². The summed E-state index contributed by atoms with van der Waals surface area (Å²) < 4.78 is 0. The number of aryl methyl sites for hydroxylation is 3. The van der Waals surface area contributed by atoms with E-state index >= 15 is 0 Å². The Morgan fingerprint density at radius 2 is 1.83 bits per heavy atom. The summed E-state index contributed by atoms with van der Waals surface area (Å²) in [6.45, 7) is 1.70. The first-order valence-electron chi connectivity index (χ1n) is 8.02. The zero-order valence-electron chi connectivity index (χ0n) is 13.3. The third-order valence-corrected chi connectivity index (χ3v) is 4.95. The molecule has 0 aliphatic heterocycles. The highest BCUT2D eigenvalue weighted by Gasteiger charge is 2.21. The number of hydrogen-bond acceptors (Lipinski definition) is 3. The number of benzene rings is 3. The average molecular weight is 319 g/mol. The van der Waals surface area contributed by atoms with Crippen molar-refractivity contribution in [2.45, 2.75) is 25.9 Å². The largest absolute Gasteiger partial charge is 0.384 e. The summed E-state index contributed by atoms with van der Waals surface area (Å²) in [6.07, 6.45) is 1.18. The second kappa shape index (κ2) is 5.42. The molecule has 3 aromatic rings. The molecule has 3 aromatic carbocycles. The Balaban J connectivity index is 1.87. The van der Waals surface area contributed by atoms with Gasteiger partial charge < -0.3 is 5.11 Å². The molecule has 1 N–H and O–H groups in total. The minimum atomic E-state index is -0.880. The van der Waals surface area contributed by atoms with E-state index in [1.54, 1.807) is 19.1 Å². The molecule has 4 nitrogen and oxygen atoms in total. The fraction of sp³-hybridized carbons (Fsp3) is 0.200. The van der Waals surface area contributed by atoms with Gasteiger partial charge >= 0.3 is 0 Å². The van der Waals surface area contributed by atoms with Gasteiger partial charge in [-0.25, -0.2) is 0 Å². The van der Waals surface area contributed by atoms with Gasteiger partial charge in [0, 0.05) is 11.6 Å². The van der Waals surface area contributed by atoms with Crippen LogP contribution in [0.3, 0.4) is 0 Å². The first kappa shape index (κ1) is 14.8. The quantitative estimate of drug-likeness (QED) is 0.580. The van der Waals surface area contributed by atoms with Gasteiger partial charge in [0.2, 0.25) is 0 Å². The third kappa shape index (κ3) is 2.19. The van der Waals surface area contributed by atoms with Gasteiger partial charge in [-0.2, -0.15) is 0 Å². The van der Waals surface area contributed by atoms with E-state index in [0.29, 0.717) is 11.1 Å². The van der Waals surface area contributed by atoms with Gasteiger partial charge in [0.05, 0.1) is 4.92 Å². The summed E-state index contributed by atoms with van der Waals surface area (Å²) in [5.41, 5.74) is 4.60. The minimum Gasteiger partial charge on any atom is -0.384 e. The Hall–Kier alpha value is -2.72. The zero-order chi connectivity index (χ0) is 16.8. The van der Waals surface area contributed by atoms with Gasteiger partial charge in [-0.05, 0) is 52.8 Å². The summed E-state index contributed by atoms with van der Waals surface area (Å²) in [5.74, 6) is 0. The van der Waals surface area contributed by atoms with Gasteiger partial charge in [0.15, 0.2) is 0 Å². The van der Waals surface area contributed by atoms with Crippen LogP contribution in [0.15, 0.2) is 48.5 Å². The summed E-state index contributed by atoms with van der Waals surface area (Å²) >= 11 is 0. The molecule has 0 aromatic heterocycles. The van der Waals surface area contributed by atoms with Crippen LogP contribution in [0.5, 0.6) is 0 Å². The van der Waals surface area contributed by atoms with Crippen molar-refractivity contribution in [3.05, 3.63) is 86.5 Å². The Labute approximate surface area is 139 Å². The number of nitro groups is 1. The first-order chi connectivity index (χ1) is 11.6. The maximum absolute atomic E-state index is 11.2. The van der Waals surface area contributed by atoms with Crippen molar-refractivity contribution in [1.82, 2.24) is 0 Å².